The zero-order valence-electron chi connectivity index (χ0n) is 15.8. The molecule has 1 aromatic rings. The van der Waals surface area contributed by atoms with Gasteiger partial charge in [0, 0.05) is 39.1 Å². The minimum absolute atomic E-state index is 0.0145. The Morgan fingerprint density at radius 1 is 1.15 bits per heavy atom. The van der Waals surface area contributed by atoms with E-state index in [1.165, 1.54) is 6.08 Å². The molecule has 2 aliphatic rings. The van der Waals surface area contributed by atoms with Crippen molar-refractivity contribution < 1.29 is 14.4 Å². The number of carbonyl (C=O) groups is 3. The van der Waals surface area contributed by atoms with Gasteiger partial charge in [0.1, 0.15) is 6.04 Å². The average Bonchev–Trinajstić information content (AvgIpc) is 3.07. The second kappa shape index (κ2) is 8.37. The molecule has 0 spiro atoms. The predicted molar refractivity (Wildman–Crippen MR) is 103 cm³/mol. The van der Waals surface area contributed by atoms with Gasteiger partial charge in [0.25, 0.3) is 0 Å². The number of amides is 3. The molecule has 0 bridgehead atoms. The first kappa shape index (κ1) is 19.1. The molecule has 2 aliphatic heterocycles. The number of hydrogen-bond acceptors (Lipinski definition) is 3. The first-order chi connectivity index (χ1) is 13.0. The Hall–Kier alpha value is -2.63. The van der Waals surface area contributed by atoms with Gasteiger partial charge in [-0.1, -0.05) is 36.9 Å². The molecule has 6 nitrogen and oxygen atoms in total. The largest absolute Gasteiger partial charge is 0.339 e. The van der Waals surface area contributed by atoms with E-state index in [1.807, 2.05) is 35.2 Å². The molecule has 6 heteroatoms. The summed E-state index contributed by atoms with van der Waals surface area (Å²) in [7, 11) is 1.73. The van der Waals surface area contributed by atoms with Gasteiger partial charge in [-0.05, 0) is 30.9 Å². The van der Waals surface area contributed by atoms with E-state index in [-0.39, 0.29) is 29.7 Å². The van der Waals surface area contributed by atoms with Crippen LogP contribution in [0.5, 0.6) is 0 Å². The molecular weight excluding hydrogens is 342 g/mol. The van der Waals surface area contributed by atoms with Gasteiger partial charge in [-0.2, -0.15) is 0 Å². The summed E-state index contributed by atoms with van der Waals surface area (Å²) < 4.78 is 0. The molecule has 2 saturated heterocycles. The Morgan fingerprint density at radius 2 is 1.81 bits per heavy atom. The van der Waals surface area contributed by atoms with E-state index in [0.717, 1.165) is 5.56 Å². The summed E-state index contributed by atoms with van der Waals surface area (Å²) >= 11 is 0. The molecule has 0 radical (unpaired) electrons. The number of hydrogen-bond donors (Lipinski definition) is 0. The van der Waals surface area contributed by atoms with E-state index in [9.17, 15) is 14.4 Å². The van der Waals surface area contributed by atoms with Gasteiger partial charge in [0.05, 0.1) is 0 Å². The number of likely N-dealkylation sites (tertiary alicyclic amines) is 2. The first-order valence-electron chi connectivity index (χ1n) is 9.52. The fourth-order valence-electron chi connectivity index (χ4n) is 3.96. The van der Waals surface area contributed by atoms with E-state index < -0.39 is 0 Å². The van der Waals surface area contributed by atoms with Gasteiger partial charge in [-0.3, -0.25) is 14.4 Å². The van der Waals surface area contributed by atoms with Gasteiger partial charge in [-0.15, -0.1) is 0 Å². The van der Waals surface area contributed by atoms with Crippen LogP contribution in [0, 0.1) is 5.92 Å². The lowest BCUT2D eigenvalue weighted by Gasteiger charge is -2.34. The third-order valence-corrected chi connectivity index (χ3v) is 5.63. The third kappa shape index (κ3) is 4.21. The normalized spacial score (nSPS) is 20.6. The number of nitrogens with zero attached hydrogens (tertiary/aromatic N) is 3. The van der Waals surface area contributed by atoms with E-state index in [0.29, 0.717) is 45.4 Å². The molecule has 1 atom stereocenters. The summed E-state index contributed by atoms with van der Waals surface area (Å²) in [5.74, 6) is -0.175. The summed E-state index contributed by atoms with van der Waals surface area (Å²) in [6, 6.07) is 9.52. The highest BCUT2D eigenvalue weighted by Crippen LogP contribution is 2.24. The highest BCUT2D eigenvalue weighted by molar-refractivity contribution is 5.90. The van der Waals surface area contributed by atoms with Crippen molar-refractivity contribution >= 4 is 17.7 Å². The summed E-state index contributed by atoms with van der Waals surface area (Å²) in [5, 5.41) is 0. The van der Waals surface area contributed by atoms with Crippen molar-refractivity contribution in [1.82, 2.24) is 14.7 Å². The minimum Gasteiger partial charge on any atom is -0.339 e. The van der Waals surface area contributed by atoms with E-state index >= 15 is 0 Å². The Kier molecular flexibility index (Phi) is 5.94. The Labute approximate surface area is 160 Å². The van der Waals surface area contributed by atoms with Crippen LogP contribution in [0.3, 0.4) is 0 Å². The molecule has 1 aromatic carbocycles. The first-order valence-corrected chi connectivity index (χ1v) is 9.52. The number of piperidine rings is 1. The lowest BCUT2D eigenvalue weighted by molar-refractivity contribution is -0.145. The van der Waals surface area contributed by atoms with E-state index in [2.05, 4.69) is 6.58 Å². The molecule has 3 amide bonds. The lowest BCUT2D eigenvalue weighted by Crippen LogP contribution is -2.48. The highest BCUT2D eigenvalue weighted by atomic mass is 16.2. The molecule has 3 rings (SSSR count). The van der Waals surface area contributed by atoms with Gasteiger partial charge in [0.15, 0.2) is 0 Å². The second-order valence-electron chi connectivity index (χ2n) is 7.30. The van der Waals surface area contributed by atoms with E-state index in [1.54, 1.807) is 16.8 Å². The summed E-state index contributed by atoms with van der Waals surface area (Å²) in [6.07, 6.45) is 3.25. The van der Waals surface area contributed by atoms with Crippen LogP contribution in [0.2, 0.25) is 0 Å². The van der Waals surface area contributed by atoms with Gasteiger partial charge in [-0.25, -0.2) is 0 Å². The smallest absolute Gasteiger partial charge is 0.245 e. The van der Waals surface area contributed by atoms with Crippen molar-refractivity contribution in [3.63, 3.8) is 0 Å². The topological polar surface area (TPSA) is 60.9 Å². The molecule has 0 N–H and O–H groups in total. The van der Waals surface area contributed by atoms with E-state index in [4.69, 9.17) is 0 Å². The average molecular weight is 369 g/mol. The predicted octanol–water partition coefficient (Wildman–Crippen LogP) is 1.67. The quantitative estimate of drug-likeness (QED) is 0.742. The van der Waals surface area contributed by atoms with Crippen molar-refractivity contribution in [2.75, 3.05) is 26.7 Å². The fourth-order valence-corrected chi connectivity index (χ4v) is 3.96. The molecule has 1 unspecified atom stereocenters. The van der Waals surface area contributed by atoms with Crippen LogP contribution in [0.15, 0.2) is 43.0 Å². The number of rotatable bonds is 5. The van der Waals surface area contributed by atoms with Crippen molar-refractivity contribution in [3.8, 4) is 0 Å². The van der Waals surface area contributed by atoms with Crippen molar-refractivity contribution in [3.05, 3.63) is 48.6 Å². The van der Waals surface area contributed by atoms with Gasteiger partial charge < -0.3 is 14.7 Å². The molecule has 2 heterocycles. The van der Waals surface area contributed by atoms with Crippen molar-refractivity contribution in [2.24, 2.45) is 5.92 Å². The number of likely N-dealkylation sites (N-methyl/N-ethyl adjacent to an activating group) is 1. The maximum Gasteiger partial charge on any atom is 0.245 e. The third-order valence-electron chi connectivity index (χ3n) is 5.63. The molecule has 0 aromatic heterocycles. The zero-order valence-corrected chi connectivity index (χ0v) is 15.8. The number of benzene rings is 1. The maximum atomic E-state index is 12.9. The molecule has 27 heavy (non-hydrogen) atoms. The monoisotopic (exact) mass is 369 g/mol. The standard InChI is InChI=1S/C21H27N3O3/c1-3-19(25)23-12-9-17(10-13-23)20(26)22(2)18-11-14-24(21(18)27)15-16-7-5-4-6-8-16/h3-8,17-18H,1,9-15H2,2H3. The number of carbonyl (C=O) groups excluding carboxylic acids is 3. The maximum absolute atomic E-state index is 12.9. The fraction of sp³-hybridized carbons (Fsp3) is 0.476. The molecule has 0 aliphatic carbocycles. The highest BCUT2D eigenvalue weighted by Gasteiger charge is 2.38. The Bertz CT molecular complexity index is 711. The van der Waals surface area contributed by atoms with Crippen LogP contribution in [-0.2, 0) is 20.9 Å². The minimum atomic E-state index is -0.381. The lowest BCUT2D eigenvalue weighted by atomic mass is 9.94. The van der Waals surface area contributed by atoms with Crippen molar-refractivity contribution in [1.29, 1.82) is 0 Å². The zero-order chi connectivity index (χ0) is 19.4. The molecule has 144 valence electrons. The van der Waals surface area contributed by atoms with Gasteiger partial charge in [0.2, 0.25) is 17.7 Å². The molecule has 2 fully saturated rings. The summed E-state index contributed by atoms with van der Waals surface area (Å²) in [4.78, 5) is 42.5. The Balaban J connectivity index is 1.55. The van der Waals surface area contributed by atoms with Crippen LogP contribution < -0.4 is 0 Å². The van der Waals surface area contributed by atoms with Gasteiger partial charge >= 0.3 is 0 Å². The molecule has 0 saturated carbocycles. The van der Waals surface area contributed by atoms with Crippen LogP contribution in [-0.4, -0.2) is 65.1 Å². The molecular formula is C21H27N3O3. The summed E-state index contributed by atoms with van der Waals surface area (Å²) in [6.45, 7) is 5.89. The second-order valence-corrected chi connectivity index (χ2v) is 7.30. The van der Waals surface area contributed by atoms with Crippen LogP contribution in [0.25, 0.3) is 0 Å². The van der Waals surface area contributed by atoms with Crippen LogP contribution in [0.1, 0.15) is 24.8 Å². The van der Waals surface area contributed by atoms with Crippen LogP contribution >= 0.6 is 0 Å². The van der Waals surface area contributed by atoms with Crippen molar-refractivity contribution in [2.45, 2.75) is 31.8 Å². The summed E-state index contributed by atoms with van der Waals surface area (Å²) in [5.41, 5.74) is 1.10. The van der Waals surface area contributed by atoms with Crippen LogP contribution in [0.4, 0.5) is 0 Å². The Morgan fingerprint density at radius 3 is 2.44 bits per heavy atom. The SMILES string of the molecule is C=CC(=O)N1CCC(C(=O)N(C)C2CCN(Cc3ccccc3)C2=O)CC1.